The van der Waals surface area contributed by atoms with Crippen molar-refractivity contribution in [2.45, 2.75) is 57.6 Å². The topological polar surface area (TPSA) is 93.4 Å². The van der Waals surface area contributed by atoms with Crippen LogP contribution in [-0.2, 0) is 4.79 Å². The molecule has 0 amide bonds. The molecule has 4 N–H and O–H groups in total. The molecule has 1 atom stereocenters. The molecule has 1 saturated carbocycles. The number of hydrogen-bond acceptors (Lipinski definition) is 4. The van der Waals surface area contributed by atoms with Crippen LogP contribution in [0.15, 0.2) is 0 Å². The van der Waals surface area contributed by atoms with Crippen molar-refractivity contribution in [1.29, 1.82) is 5.41 Å². The van der Waals surface area contributed by atoms with E-state index in [4.69, 9.17) is 10.5 Å². The van der Waals surface area contributed by atoms with Gasteiger partial charge in [-0.05, 0) is 44.6 Å². The van der Waals surface area contributed by atoms with E-state index >= 15 is 0 Å². The monoisotopic (exact) mass is 256 g/mol. The lowest BCUT2D eigenvalue weighted by Crippen LogP contribution is -2.45. The fraction of sp³-hybridized carbons (Fsp3) is 0.846. The van der Waals surface area contributed by atoms with Crippen LogP contribution in [0, 0.1) is 11.3 Å². The van der Waals surface area contributed by atoms with Crippen LogP contribution in [0.4, 0.5) is 0 Å². The molecule has 18 heavy (non-hydrogen) atoms. The number of aliphatic hydroxyl groups excluding tert-OH is 1. The molecule has 0 bridgehead atoms. The highest BCUT2D eigenvalue weighted by molar-refractivity contribution is 6.34. The molecule has 104 valence electrons. The minimum atomic E-state index is -1.11. The van der Waals surface area contributed by atoms with Crippen LogP contribution in [0.25, 0.3) is 0 Å². The van der Waals surface area contributed by atoms with Gasteiger partial charge in [0, 0.05) is 6.04 Å². The molecule has 5 heteroatoms. The minimum Gasteiger partial charge on any atom is -0.477 e. The van der Waals surface area contributed by atoms with Gasteiger partial charge in [0.2, 0.25) is 0 Å². The summed E-state index contributed by atoms with van der Waals surface area (Å²) in [6.45, 7) is 3.05. The second-order valence-corrected chi connectivity index (χ2v) is 5.18. The number of carboxylic acids is 1. The summed E-state index contributed by atoms with van der Waals surface area (Å²) in [6, 6.07) is 0.450. The number of carbonyl (C=O) groups is 1. The van der Waals surface area contributed by atoms with Gasteiger partial charge in [-0.3, -0.25) is 5.41 Å². The highest BCUT2D eigenvalue weighted by Gasteiger charge is 2.26. The Kier molecular flexibility index (Phi) is 6.29. The van der Waals surface area contributed by atoms with Crippen molar-refractivity contribution in [3.8, 4) is 0 Å². The van der Waals surface area contributed by atoms with E-state index in [9.17, 15) is 9.90 Å². The first kappa shape index (κ1) is 15.1. The Morgan fingerprint density at radius 2 is 2.17 bits per heavy atom. The Bertz CT molecular complexity index is 288. The third kappa shape index (κ3) is 5.14. The third-order valence-electron chi connectivity index (χ3n) is 3.68. The van der Waals surface area contributed by atoms with Crippen LogP contribution < -0.4 is 5.32 Å². The maximum Gasteiger partial charge on any atom is 0.349 e. The van der Waals surface area contributed by atoms with Crippen LogP contribution in [-0.4, -0.2) is 40.6 Å². The van der Waals surface area contributed by atoms with Gasteiger partial charge in [-0.15, -0.1) is 0 Å². The third-order valence-corrected chi connectivity index (χ3v) is 3.68. The average molecular weight is 256 g/mol. The zero-order valence-electron chi connectivity index (χ0n) is 11.0. The van der Waals surface area contributed by atoms with Crippen LogP contribution in [0.1, 0.15) is 45.4 Å². The maximum atomic E-state index is 10.5. The lowest BCUT2D eigenvalue weighted by atomic mass is 9.88. The Morgan fingerprint density at radius 1 is 1.50 bits per heavy atom. The summed E-state index contributed by atoms with van der Waals surface area (Å²) in [7, 11) is 0. The van der Waals surface area contributed by atoms with Gasteiger partial charge in [-0.2, -0.15) is 0 Å². The lowest BCUT2D eigenvalue weighted by Gasteiger charge is -2.33. The molecular formula is C13H24N2O3. The van der Waals surface area contributed by atoms with Crippen LogP contribution in [0.2, 0.25) is 0 Å². The van der Waals surface area contributed by atoms with Crippen molar-refractivity contribution in [2.75, 3.05) is 6.54 Å². The van der Waals surface area contributed by atoms with E-state index in [-0.39, 0.29) is 11.8 Å². The molecule has 1 unspecified atom stereocenters. The summed E-state index contributed by atoms with van der Waals surface area (Å²) < 4.78 is 0. The maximum absolute atomic E-state index is 10.5. The van der Waals surface area contributed by atoms with E-state index in [1.54, 1.807) is 0 Å². The Hall–Kier alpha value is -0.940. The van der Waals surface area contributed by atoms with E-state index in [1.165, 1.54) is 0 Å². The van der Waals surface area contributed by atoms with Gasteiger partial charge in [0.15, 0.2) is 0 Å². The highest BCUT2D eigenvalue weighted by Crippen LogP contribution is 2.20. The first-order valence-electron chi connectivity index (χ1n) is 6.75. The van der Waals surface area contributed by atoms with E-state index in [0.717, 1.165) is 38.6 Å². The lowest BCUT2D eigenvalue weighted by molar-refractivity contribution is -0.129. The largest absolute Gasteiger partial charge is 0.477 e. The number of aliphatic carboxylic acids is 1. The van der Waals surface area contributed by atoms with Crippen molar-refractivity contribution >= 4 is 11.7 Å². The quantitative estimate of drug-likeness (QED) is 0.469. The molecule has 0 aromatic rings. The second kappa shape index (κ2) is 7.48. The van der Waals surface area contributed by atoms with Gasteiger partial charge in [0.1, 0.15) is 5.71 Å². The molecule has 0 aromatic carbocycles. The summed E-state index contributed by atoms with van der Waals surface area (Å²) in [5.41, 5.74) is -0.195. The molecule has 0 saturated heterocycles. The fourth-order valence-corrected chi connectivity index (χ4v) is 2.21. The molecule has 1 fully saturated rings. The average Bonchev–Trinajstić information content (AvgIpc) is 2.30. The van der Waals surface area contributed by atoms with Gasteiger partial charge in [-0.25, -0.2) is 4.79 Å². The van der Waals surface area contributed by atoms with Gasteiger partial charge >= 0.3 is 5.97 Å². The molecule has 1 rings (SSSR count). The van der Waals surface area contributed by atoms with Gasteiger partial charge in [-0.1, -0.05) is 13.3 Å². The van der Waals surface area contributed by atoms with Crippen LogP contribution >= 0.6 is 0 Å². The predicted octanol–water partition coefficient (Wildman–Crippen LogP) is 1.40. The molecule has 1 aliphatic rings. The molecule has 0 spiro atoms. The second-order valence-electron chi connectivity index (χ2n) is 5.18. The Balaban J connectivity index is 2.09. The summed E-state index contributed by atoms with van der Waals surface area (Å²) in [5, 5.41) is 28.4. The summed E-state index contributed by atoms with van der Waals surface area (Å²) in [6.07, 6.45) is 4.70. The van der Waals surface area contributed by atoms with E-state index in [1.807, 2.05) is 0 Å². The van der Waals surface area contributed by atoms with Crippen LogP contribution in [0.5, 0.6) is 0 Å². The highest BCUT2D eigenvalue weighted by atomic mass is 16.4. The Morgan fingerprint density at radius 3 is 2.67 bits per heavy atom. The number of carboxylic acid groups (broad SMARTS) is 1. The van der Waals surface area contributed by atoms with Gasteiger partial charge in [0.25, 0.3) is 0 Å². The molecule has 1 aliphatic carbocycles. The zero-order valence-corrected chi connectivity index (χ0v) is 11.0. The van der Waals surface area contributed by atoms with Crippen molar-refractivity contribution < 1.29 is 15.0 Å². The molecule has 0 radical (unpaired) electrons. The van der Waals surface area contributed by atoms with Gasteiger partial charge in [0.05, 0.1) is 6.10 Å². The summed E-state index contributed by atoms with van der Waals surface area (Å²) in [4.78, 5) is 10.5. The number of rotatable bonds is 9. The Labute approximate surface area is 108 Å². The standard InChI is InChI=1S/C13H24N2O3/c1-2-9(4-3-5-12(14)13(17)18)8-15-10-6-11(16)7-10/h9-11,14-16H,2-8H2,1H3,(H,17,18). The smallest absolute Gasteiger partial charge is 0.349 e. The minimum absolute atomic E-state index is 0.126. The molecular weight excluding hydrogens is 232 g/mol. The molecule has 0 aliphatic heterocycles. The van der Waals surface area contributed by atoms with Crippen molar-refractivity contribution in [3.05, 3.63) is 0 Å². The summed E-state index contributed by atoms with van der Waals surface area (Å²) in [5.74, 6) is -0.575. The van der Waals surface area contributed by atoms with E-state index in [2.05, 4.69) is 12.2 Å². The number of aliphatic hydroxyl groups is 1. The van der Waals surface area contributed by atoms with Crippen molar-refractivity contribution in [3.63, 3.8) is 0 Å². The number of nitrogens with one attached hydrogen (secondary N) is 2. The molecule has 0 aromatic heterocycles. The SMILES string of the molecule is CCC(CCCC(=N)C(=O)O)CNC1CC(O)C1. The fourth-order valence-electron chi connectivity index (χ4n) is 2.21. The van der Waals surface area contributed by atoms with Crippen molar-refractivity contribution in [1.82, 2.24) is 5.32 Å². The summed E-state index contributed by atoms with van der Waals surface area (Å²) >= 11 is 0. The molecule has 5 nitrogen and oxygen atoms in total. The molecule has 0 heterocycles. The first-order valence-corrected chi connectivity index (χ1v) is 6.75. The van der Waals surface area contributed by atoms with Gasteiger partial charge < -0.3 is 15.5 Å². The van der Waals surface area contributed by atoms with E-state index in [0.29, 0.717) is 18.4 Å². The first-order chi connectivity index (χ1) is 8.52. The van der Waals surface area contributed by atoms with E-state index < -0.39 is 5.97 Å². The van der Waals surface area contributed by atoms with Crippen LogP contribution in [0.3, 0.4) is 0 Å². The normalized spacial score (nSPS) is 24.3. The zero-order chi connectivity index (χ0) is 13.5. The number of hydrogen-bond donors (Lipinski definition) is 4. The van der Waals surface area contributed by atoms with Crippen molar-refractivity contribution in [2.24, 2.45) is 5.92 Å². The predicted molar refractivity (Wildman–Crippen MR) is 70.0 cm³/mol.